The monoisotopic (exact) mass is 346 g/mol. The van der Waals surface area contributed by atoms with Crippen LogP contribution in [0.2, 0.25) is 0 Å². The van der Waals surface area contributed by atoms with E-state index in [1.807, 2.05) is 30.3 Å². The summed E-state index contributed by atoms with van der Waals surface area (Å²) in [7, 11) is 0. The van der Waals surface area contributed by atoms with Crippen LogP contribution in [0.3, 0.4) is 0 Å². The molecule has 136 valence electrons. The van der Waals surface area contributed by atoms with E-state index >= 15 is 0 Å². The highest BCUT2D eigenvalue weighted by atomic mass is 16.5. The first kappa shape index (κ1) is 19.0. The van der Waals surface area contributed by atoms with E-state index in [-0.39, 0.29) is 24.8 Å². The molecule has 1 atom stereocenters. The topological polar surface area (TPSA) is 75.7 Å². The van der Waals surface area contributed by atoms with Crippen molar-refractivity contribution in [3.8, 4) is 0 Å². The standard InChI is InChI=1S/C19H26N2O4/c1-2-3-5-10-17(22)21-12-11-20-19(24)16(21)13-18(23)25-14-15-8-6-4-7-9-15/h4,6-9,16H,2-3,5,10-14H2,1H3,(H,20,24)/t16-/m0/s1. The molecule has 1 fully saturated rings. The van der Waals surface area contributed by atoms with Crippen LogP contribution < -0.4 is 5.32 Å². The number of carbonyl (C=O) groups is 3. The van der Waals surface area contributed by atoms with Crippen LogP contribution in [-0.4, -0.2) is 41.8 Å². The third-order valence-corrected chi connectivity index (χ3v) is 4.25. The predicted octanol–water partition coefficient (Wildman–Crippen LogP) is 2.03. The van der Waals surface area contributed by atoms with Crippen molar-refractivity contribution < 1.29 is 19.1 Å². The van der Waals surface area contributed by atoms with Gasteiger partial charge in [-0.05, 0) is 12.0 Å². The highest BCUT2D eigenvalue weighted by molar-refractivity contribution is 5.91. The van der Waals surface area contributed by atoms with Crippen molar-refractivity contribution in [2.45, 2.75) is 51.7 Å². The number of benzene rings is 1. The molecule has 6 nitrogen and oxygen atoms in total. The second-order valence-electron chi connectivity index (χ2n) is 6.20. The molecule has 0 aliphatic carbocycles. The van der Waals surface area contributed by atoms with E-state index < -0.39 is 12.0 Å². The maximum Gasteiger partial charge on any atom is 0.308 e. The van der Waals surface area contributed by atoms with E-state index in [1.165, 1.54) is 4.90 Å². The number of hydrogen-bond acceptors (Lipinski definition) is 4. The minimum Gasteiger partial charge on any atom is -0.461 e. The Morgan fingerprint density at radius 3 is 2.72 bits per heavy atom. The number of nitrogens with one attached hydrogen (secondary N) is 1. The molecular formula is C19H26N2O4. The smallest absolute Gasteiger partial charge is 0.308 e. The number of esters is 1. The molecule has 0 unspecified atom stereocenters. The molecule has 2 amide bonds. The van der Waals surface area contributed by atoms with E-state index in [0.717, 1.165) is 24.8 Å². The summed E-state index contributed by atoms with van der Waals surface area (Å²) in [6.45, 7) is 3.10. The molecule has 1 aliphatic rings. The average molecular weight is 346 g/mol. The molecule has 1 saturated heterocycles. The number of rotatable bonds is 8. The molecular weight excluding hydrogens is 320 g/mol. The van der Waals surface area contributed by atoms with Gasteiger partial charge >= 0.3 is 5.97 Å². The number of amides is 2. The summed E-state index contributed by atoms with van der Waals surface area (Å²) in [6.07, 6.45) is 3.12. The molecule has 0 bridgehead atoms. The molecule has 0 radical (unpaired) electrons. The van der Waals surface area contributed by atoms with Crippen LogP contribution in [0.15, 0.2) is 30.3 Å². The largest absolute Gasteiger partial charge is 0.461 e. The zero-order valence-corrected chi connectivity index (χ0v) is 14.7. The Labute approximate surface area is 148 Å². The summed E-state index contributed by atoms with van der Waals surface area (Å²) in [6, 6.07) is 8.59. The highest BCUT2D eigenvalue weighted by Gasteiger charge is 2.34. The van der Waals surface area contributed by atoms with Crippen molar-refractivity contribution in [3.05, 3.63) is 35.9 Å². The Kier molecular flexibility index (Phi) is 7.44. The Balaban J connectivity index is 1.89. The Bertz CT molecular complexity index is 588. The first-order chi connectivity index (χ1) is 12.1. The molecule has 1 N–H and O–H groups in total. The van der Waals surface area contributed by atoms with Gasteiger partial charge in [-0.2, -0.15) is 0 Å². The fourth-order valence-electron chi connectivity index (χ4n) is 2.84. The Morgan fingerprint density at radius 1 is 1.24 bits per heavy atom. The van der Waals surface area contributed by atoms with E-state index in [2.05, 4.69) is 12.2 Å². The van der Waals surface area contributed by atoms with Gasteiger partial charge in [0.25, 0.3) is 0 Å². The zero-order chi connectivity index (χ0) is 18.1. The molecule has 1 aromatic rings. The van der Waals surface area contributed by atoms with Gasteiger partial charge in [0.15, 0.2) is 0 Å². The van der Waals surface area contributed by atoms with Crippen LogP contribution >= 0.6 is 0 Å². The second kappa shape index (κ2) is 9.81. The molecule has 0 saturated carbocycles. The maximum atomic E-state index is 12.4. The van der Waals surface area contributed by atoms with Crippen molar-refractivity contribution in [2.24, 2.45) is 0 Å². The maximum absolute atomic E-state index is 12.4. The van der Waals surface area contributed by atoms with Gasteiger partial charge in [0.2, 0.25) is 11.8 Å². The van der Waals surface area contributed by atoms with E-state index in [0.29, 0.717) is 19.5 Å². The van der Waals surface area contributed by atoms with Crippen molar-refractivity contribution in [2.75, 3.05) is 13.1 Å². The molecule has 0 aromatic heterocycles. The highest BCUT2D eigenvalue weighted by Crippen LogP contribution is 2.14. The quantitative estimate of drug-likeness (QED) is 0.577. The van der Waals surface area contributed by atoms with Gasteiger partial charge in [0, 0.05) is 19.5 Å². The van der Waals surface area contributed by atoms with Gasteiger partial charge in [-0.15, -0.1) is 0 Å². The van der Waals surface area contributed by atoms with Gasteiger partial charge in [0.05, 0.1) is 6.42 Å². The summed E-state index contributed by atoms with van der Waals surface area (Å²) in [5, 5.41) is 2.72. The first-order valence-electron chi connectivity index (χ1n) is 8.88. The van der Waals surface area contributed by atoms with Gasteiger partial charge in [0.1, 0.15) is 12.6 Å². The minimum atomic E-state index is -0.772. The Morgan fingerprint density at radius 2 is 2.00 bits per heavy atom. The van der Waals surface area contributed by atoms with Crippen LogP contribution in [0.1, 0.15) is 44.6 Å². The molecule has 0 spiro atoms. The minimum absolute atomic E-state index is 0.0656. The van der Waals surface area contributed by atoms with Crippen molar-refractivity contribution in [1.82, 2.24) is 10.2 Å². The number of ether oxygens (including phenoxy) is 1. The van der Waals surface area contributed by atoms with E-state index in [1.54, 1.807) is 0 Å². The Hall–Kier alpha value is -2.37. The summed E-state index contributed by atoms with van der Waals surface area (Å²) < 4.78 is 5.25. The molecule has 1 aliphatic heterocycles. The normalized spacial score (nSPS) is 17.1. The fourth-order valence-corrected chi connectivity index (χ4v) is 2.84. The molecule has 1 heterocycles. The summed E-state index contributed by atoms with van der Waals surface area (Å²) >= 11 is 0. The summed E-state index contributed by atoms with van der Waals surface area (Å²) in [5.41, 5.74) is 0.886. The van der Waals surface area contributed by atoms with Gasteiger partial charge in [-0.1, -0.05) is 50.1 Å². The van der Waals surface area contributed by atoms with Crippen molar-refractivity contribution >= 4 is 17.8 Å². The predicted molar refractivity (Wildman–Crippen MR) is 93.5 cm³/mol. The number of nitrogens with zero attached hydrogens (tertiary/aromatic N) is 1. The summed E-state index contributed by atoms with van der Waals surface area (Å²) in [4.78, 5) is 38.2. The van der Waals surface area contributed by atoms with Gasteiger partial charge in [-0.25, -0.2) is 0 Å². The van der Waals surface area contributed by atoms with Crippen molar-refractivity contribution in [1.29, 1.82) is 0 Å². The fraction of sp³-hybridized carbons (Fsp3) is 0.526. The lowest BCUT2D eigenvalue weighted by Crippen LogP contribution is -2.57. The lowest BCUT2D eigenvalue weighted by molar-refractivity contribution is -0.152. The van der Waals surface area contributed by atoms with E-state index in [4.69, 9.17) is 4.74 Å². The lowest BCUT2D eigenvalue weighted by Gasteiger charge is -2.34. The number of unbranched alkanes of at least 4 members (excludes halogenated alkanes) is 2. The summed E-state index contributed by atoms with van der Waals surface area (Å²) in [5.74, 6) is -0.826. The van der Waals surface area contributed by atoms with Gasteiger partial charge < -0.3 is 15.0 Å². The number of carbonyl (C=O) groups excluding carboxylic acids is 3. The molecule has 25 heavy (non-hydrogen) atoms. The number of piperazine rings is 1. The number of hydrogen-bond donors (Lipinski definition) is 1. The van der Waals surface area contributed by atoms with Crippen LogP contribution in [0, 0.1) is 0 Å². The molecule has 1 aromatic carbocycles. The third kappa shape index (κ3) is 5.89. The zero-order valence-electron chi connectivity index (χ0n) is 14.7. The lowest BCUT2D eigenvalue weighted by atomic mass is 10.1. The molecule has 2 rings (SSSR count). The van der Waals surface area contributed by atoms with Crippen LogP contribution in [-0.2, 0) is 25.7 Å². The van der Waals surface area contributed by atoms with Crippen LogP contribution in [0.25, 0.3) is 0 Å². The first-order valence-corrected chi connectivity index (χ1v) is 8.88. The van der Waals surface area contributed by atoms with E-state index in [9.17, 15) is 14.4 Å². The van der Waals surface area contributed by atoms with Gasteiger partial charge in [-0.3, -0.25) is 14.4 Å². The SMILES string of the molecule is CCCCCC(=O)N1CCNC(=O)[C@@H]1CC(=O)OCc1ccccc1. The molecule has 6 heteroatoms. The van der Waals surface area contributed by atoms with Crippen molar-refractivity contribution in [3.63, 3.8) is 0 Å². The second-order valence-corrected chi connectivity index (χ2v) is 6.20. The third-order valence-electron chi connectivity index (χ3n) is 4.25. The average Bonchev–Trinajstić information content (AvgIpc) is 2.62. The van der Waals surface area contributed by atoms with Crippen LogP contribution in [0.5, 0.6) is 0 Å². The van der Waals surface area contributed by atoms with Crippen LogP contribution in [0.4, 0.5) is 0 Å².